The SMILES string of the molecule is CC(C)=C1[C@H]2CC[C@@H]1[C@H]1C(=O)OC(=O)[C@H]12. The van der Waals surface area contributed by atoms with Crippen molar-refractivity contribution in [3.05, 3.63) is 11.1 Å². The van der Waals surface area contributed by atoms with Crippen molar-refractivity contribution in [3.8, 4) is 0 Å². The van der Waals surface area contributed by atoms with Crippen LogP contribution in [-0.2, 0) is 14.3 Å². The number of rotatable bonds is 0. The lowest BCUT2D eigenvalue weighted by Crippen LogP contribution is -2.24. The second-order valence-electron chi connectivity index (χ2n) is 5.04. The van der Waals surface area contributed by atoms with Crippen molar-refractivity contribution in [2.45, 2.75) is 26.7 Å². The Bertz CT molecular complexity index is 360. The molecule has 2 bridgehead atoms. The fourth-order valence-corrected chi connectivity index (χ4v) is 3.79. The first-order valence-electron chi connectivity index (χ1n) is 5.54. The van der Waals surface area contributed by atoms with Crippen LogP contribution in [0, 0.1) is 23.7 Å². The van der Waals surface area contributed by atoms with Crippen LogP contribution in [0.25, 0.3) is 0 Å². The minimum atomic E-state index is -0.282. The van der Waals surface area contributed by atoms with Gasteiger partial charge in [-0.15, -0.1) is 0 Å². The number of ether oxygens (including phenoxy) is 1. The highest BCUT2D eigenvalue weighted by molar-refractivity contribution is 5.98. The molecular formula is C12H14O3. The van der Waals surface area contributed by atoms with E-state index in [-0.39, 0.29) is 23.8 Å². The lowest BCUT2D eigenvalue weighted by atomic mass is 9.81. The Labute approximate surface area is 88.5 Å². The molecule has 0 spiro atoms. The van der Waals surface area contributed by atoms with Crippen molar-refractivity contribution in [3.63, 3.8) is 0 Å². The highest BCUT2D eigenvalue weighted by Gasteiger charge is 2.62. The summed E-state index contributed by atoms with van der Waals surface area (Å²) in [4.78, 5) is 23.1. The number of hydrogen-bond acceptors (Lipinski definition) is 3. The van der Waals surface area contributed by atoms with Crippen LogP contribution < -0.4 is 0 Å². The van der Waals surface area contributed by atoms with Crippen LogP contribution in [0.15, 0.2) is 11.1 Å². The van der Waals surface area contributed by atoms with Gasteiger partial charge in [-0.25, -0.2) is 0 Å². The van der Waals surface area contributed by atoms with Crippen molar-refractivity contribution in [2.75, 3.05) is 0 Å². The number of allylic oxidation sites excluding steroid dienone is 2. The summed E-state index contributed by atoms with van der Waals surface area (Å²) in [7, 11) is 0. The maximum absolute atomic E-state index is 11.6. The highest BCUT2D eigenvalue weighted by Crippen LogP contribution is 2.59. The molecule has 0 aromatic carbocycles. The molecule has 1 aliphatic heterocycles. The zero-order chi connectivity index (χ0) is 10.7. The van der Waals surface area contributed by atoms with Gasteiger partial charge >= 0.3 is 11.9 Å². The highest BCUT2D eigenvalue weighted by atomic mass is 16.6. The van der Waals surface area contributed by atoms with Gasteiger partial charge in [-0.2, -0.15) is 0 Å². The third kappa shape index (κ3) is 0.959. The number of esters is 2. The molecule has 1 heterocycles. The maximum atomic E-state index is 11.6. The van der Waals surface area contributed by atoms with Crippen molar-refractivity contribution in [1.29, 1.82) is 0 Å². The molecular weight excluding hydrogens is 192 g/mol. The van der Waals surface area contributed by atoms with Crippen molar-refractivity contribution < 1.29 is 14.3 Å². The summed E-state index contributed by atoms with van der Waals surface area (Å²) in [5, 5.41) is 0. The smallest absolute Gasteiger partial charge is 0.318 e. The molecule has 3 rings (SSSR count). The number of fused-ring (bicyclic) bond motifs is 5. The summed E-state index contributed by atoms with van der Waals surface area (Å²) < 4.78 is 4.74. The summed E-state index contributed by atoms with van der Waals surface area (Å²) >= 11 is 0. The van der Waals surface area contributed by atoms with E-state index >= 15 is 0 Å². The molecule has 2 aliphatic carbocycles. The predicted molar refractivity (Wildman–Crippen MR) is 52.7 cm³/mol. The first-order chi connectivity index (χ1) is 7.11. The monoisotopic (exact) mass is 206 g/mol. The van der Waals surface area contributed by atoms with Crippen LogP contribution in [0.5, 0.6) is 0 Å². The second kappa shape index (κ2) is 2.71. The molecule has 3 aliphatic rings. The van der Waals surface area contributed by atoms with Gasteiger partial charge in [0.25, 0.3) is 0 Å². The van der Waals surface area contributed by atoms with Crippen LogP contribution in [-0.4, -0.2) is 11.9 Å². The van der Waals surface area contributed by atoms with Crippen molar-refractivity contribution in [1.82, 2.24) is 0 Å². The molecule has 0 aromatic heterocycles. The Morgan fingerprint density at radius 1 is 1.07 bits per heavy atom. The van der Waals surface area contributed by atoms with Crippen molar-refractivity contribution >= 4 is 11.9 Å². The molecule has 15 heavy (non-hydrogen) atoms. The Morgan fingerprint density at radius 3 is 1.93 bits per heavy atom. The van der Waals surface area contributed by atoms with E-state index in [1.54, 1.807) is 0 Å². The van der Waals surface area contributed by atoms with Crippen LogP contribution >= 0.6 is 0 Å². The number of cyclic esters (lactones) is 2. The summed E-state index contributed by atoms with van der Waals surface area (Å²) in [5.41, 5.74) is 2.66. The fourth-order valence-electron chi connectivity index (χ4n) is 3.79. The molecule has 4 atom stereocenters. The standard InChI is InChI=1S/C12H14O3/c1-5(2)8-6-3-4-7(8)10-9(6)11(13)15-12(10)14/h6-7,9-10H,3-4H2,1-2H3/t6-,7+,9+,10-. The fraction of sp³-hybridized carbons (Fsp3) is 0.667. The van der Waals surface area contributed by atoms with E-state index in [9.17, 15) is 9.59 Å². The lowest BCUT2D eigenvalue weighted by Gasteiger charge is -2.16. The molecule has 0 radical (unpaired) electrons. The third-order valence-electron chi connectivity index (χ3n) is 4.16. The first-order valence-corrected chi connectivity index (χ1v) is 5.54. The van der Waals surface area contributed by atoms with Crippen molar-refractivity contribution in [2.24, 2.45) is 23.7 Å². The summed E-state index contributed by atoms with van der Waals surface area (Å²) in [6.45, 7) is 4.16. The van der Waals surface area contributed by atoms with E-state index < -0.39 is 0 Å². The first kappa shape index (κ1) is 9.13. The quantitative estimate of drug-likeness (QED) is 0.344. The van der Waals surface area contributed by atoms with E-state index in [1.807, 2.05) is 0 Å². The summed E-state index contributed by atoms with van der Waals surface area (Å²) in [6, 6.07) is 0. The van der Waals surface area contributed by atoms with Gasteiger partial charge < -0.3 is 4.74 Å². The minimum Gasteiger partial charge on any atom is -0.393 e. The van der Waals surface area contributed by atoms with Gasteiger partial charge in [-0.3, -0.25) is 9.59 Å². The largest absolute Gasteiger partial charge is 0.393 e. The molecule has 0 amide bonds. The number of carbonyl (C=O) groups is 2. The predicted octanol–water partition coefficient (Wildman–Crippen LogP) is 1.68. The zero-order valence-electron chi connectivity index (χ0n) is 8.95. The minimum absolute atomic E-state index is 0.152. The molecule has 3 fully saturated rings. The Hall–Kier alpha value is -1.12. The van der Waals surface area contributed by atoms with Crippen LogP contribution in [0.3, 0.4) is 0 Å². The molecule has 3 heteroatoms. The number of hydrogen-bond donors (Lipinski definition) is 0. The zero-order valence-corrected chi connectivity index (χ0v) is 8.95. The molecule has 3 nitrogen and oxygen atoms in total. The van der Waals surface area contributed by atoms with Gasteiger partial charge in [0, 0.05) is 0 Å². The summed E-state index contributed by atoms with van der Waals surface area (Å²) in [5.74, 6) is -0.276. The van der Waals surface area contributed by atoms with E-state index in [4.69, 9.17) is 4.74 Å². The molecule has 1 saturated heterocycles. The van der Waals surface area contributed by atoms with Gasteiger partial charge in [-0.05, 0) is 38.5 Å². The number of carbonyl (C=O) groups excluding carboxylic acids is 2. The third-order valence-corrected chi connectivity index (χ3v) is 4.16. The second-order valence-corrected chi connectivity index (χ2v) is 5.04. The molecule has 0 aromatic rings. The Morgan fingerprint density at radius 2 is 1.53 bits per heavy atom. The van der Waals surface area contributed by atoms with Crippen LogP contribution in [0.1, 0.15) is 26.7 Å². The van der Waals surface area contributed by atoms with Crippen LogP contribution in [0.2, 0.25) is 0 Å². The Kier molecular flexibility index (Phi) is 1.65. The lowest BCUT2D eigenvalue weighted by molar-refractivity contribution is -0.154. The van der Waals surface area contributed by atoms with Gasteiger partial charge in [0.2, 0.25) is 0 Å². The average molecular weight is 206 g/mol. The molecule has 0 N–H and O–H groups in total. The topological polar surface area (TPSA) is 43.4 Å². The Balaban J connectivity index is 2.10. The molecule has 0 unspecified atom stereocenters. The van der Waals surface area contributed by atoms with E-state index in [1.165, 1.54) is 11.1 Å². The molecule has 2 saturated carbocycles. The maximum Gasteiger partial charge on any atom is 0.318 e. The van der Waals surface area contributed by atoms with Gasteiger partial charge in [0.05, 0.1) is 11.8 Å². The van der Waals surface area contributed by atoms with Gasteiger partial charge in [0.15, 0.2) is 0 Å². The normalized spacial score (nSPS) is 42.1. The van der Waals surface area contributed by atoms with E-state index in [0.29, 0.717) is 11.8 Å². The molecule has 80 valence electrons. The van der Waals surface area contributed by atoms with Crippen LogP contribution in [0.4, 0.5) is 0 Å². The van der Waals surface area contributed by atoms with Gasteiger partial charge in [0.1, 0.15) is 0 Å². The van der Waals surface area contributed by atoms with Gasteiger partial charge in [-0.1, -0.05) is 11.1 Å². The summed E-state index contributed by atoms with van der Waals surface area (Å²) in [6.07, 6.45) is 2.10. The van der Waals surface area contributed by atoms with E-state index in [2.05, 4.69) is 13.8 Å². The van der Waals surface area contributed by atoms with E-state index in [0.717, 1.165) is 12.8 Å². The average Bonchev–Trinajstić information content (AvgIpc) is 2.77.